The van der Waals surface area contributed by atoms with E-state index >= 15 is 0 Å². The molecule has 0 fully saturated rings. The SMILES string of the molecule is Fc1ccc[c-]c1-c1cc(-c2ccccc2)ccn1.[Ir+3].[c-]1cccc2c1C1[N-]C=CN1CC2. The Labute approximate surface area is 207 Å². The Hall–Kier alpha value is -3.27. The van der Waals surface area contributed by atoms with E-state index in [9.17, 15) is 4.39 Å². The Balaban J connectivity index is 0.000000162. The van der Waals surface area contributed by atoms with Crippen molar-refractivity contribution in [3.8, 4) is 22.4 Å². The number of halogens is 1. The number of benzene rings is 3. The molecule has 164 valence electrons. The van der Waals surface area contributed by atoms with Crippen LogP contribution in [0, 0.1) is 17.9 Å². The number of rotatable bonds is 2. The second kappa shape index (κ2) is 10.6. The van der Waals surface area contributed by atoms with Gasteiger partial charge >= 0.3 is 20.1 Å². The fourth-order valence-corrected chi connectivity index (χ4v) is 3.99. The second-order valence-electron chi connectivity index (χ2n) is 7.61. The molecule has 0 amide bonds. The van der Waals surface area contributed by atoms with E-state index in [1.807, 2.05) is 54.7 Å². The molecule has 0 saturated carbocycles. The van der Waals surface area contributed by atoms with Crippen LogP contribution < -0.4 is 0 Å². The van der Waals surface area contributed by atoms with Gasteiger partial charge in [0, 0.05) is 18.6 Å². The Morgan fingerprint density at radius 2 is 1.76 bits per heavy atom. The first-order valence-corrected chi connectivity index (χ1v) is 10.6. The minimum atomic E-state index is -0.305. The molecule has 6 rings (SSSR count). The maximum atomic E-state index is 13.7. The van der Waals surface area contributed by atoms with Crippen molar-refractivity contribution in [3.05, 3.63) is 132 Å². The van der Waals surface area contributed by atoms with Gasteiger partial charge in [0.1, 0.15) is 0 Å². The molecule has 0 N–H and O–H groups in total. The third kappa shape index (κ3) is 5.05. The molecule has 1 aromatic heterocycles. The van der Waals surface area contributed by atoms with Crippen LogP contribution in [0.4, 0.5) is 4.39 Å². The van der Waals surface area contributed by atoms with Crippen LogP contribution in [0.1, 0.15) is 17.3 Å². The van der Waals surface area contributed by atoms with Gasteiger partial charge in [0.15, 0.2) is 0 Å². The van der Waals surface area contributed by atoms with Crippen molar-refractivity contribution in [2.24, 2.45) is 0 Å². The van der Waals surface area contributed by atoms with E-state index in [-0.39, 0.29) is 32.1 Å². The number of pyridine rings is 1. The van der Waals surface area contributed by atoms with Gasteiger partial charge < -0.3 is 15.2 Å². The molecule has 3 heterocycles. The molecular weight excluding hydrogens is 590 g/mol. The zero-order valence-electron chi connectivity index (χ0n) is 17.8. The molecule has 3 nitrogen and oxygen atoms in total. The summed E-state index contributed by atoms with van der Waals surface area (Å²) in [5.41, 5.74) is 5.75. The summed E-state index contributed by atoms with van der Waals surface area (Å²) in [6.45, 7) is 1.08. The van der Waals surface area contributed by atoms with Gasteiger partial charge in [0.2, 0.25) is 0 Å². The molecule has 2 aliphatic heterocycles. The average Bonchev–Trinajstić information content (AvgIpc) is 3.35. The van der Waals surface area contributed by atoms with Crippen LogP contribution in [0.5, 0.6) is 0 Å². The summed E-state index contributed by atoms with van der Waals surface area (Å²) in [7, 11) is 0. The Morgan fingerprint density at radius 1 is 0.939 bits per heavy atom. The van der Waals surface area contributed by atoms with Crippen molar-refractivity contribution in [2.45, 2.75) is 12.6 Å². The summed E-state index contributed by atoms with van der Waals surface area (Å²) in [5.74, 6) is -0.305. The molecule has 3 aromatic carbocycles. The first-order valence-electron chi connectivity index (χ1n) is 10.6. The summed E-state index contributed by atoms with van der Waals surface area (Å²) >= 11 is 0. The standard InChI is InChI=1S/C17H11FN.C11H10N2.Ir/c18-16-9-5-4-8-15(16)17-12-14(10-11-19-17)13-6-2-1-3-7-13;1-2-4-10-9(3-1)5-7-13-8-6-12-11(10)13;/h1-7,9-12H;1-3,6,8,11H,5,7H2;/q-1;-2;+3. The summed E-state index contributed by atoms with van der Waals surface area (Å²) in [6.07, 6.45) is 6.97. The van der Waals surface area contributed by atoms with Gasteiger partial charge in [-0.25, -0.2) is 0 Å². The smallest absolute Gasteiger partial charge is 0.668 e. The first kappa shape index (κ1) is 22.9. The molecule has 0 saturated heterocycles. The van der Waals surface area contributed by atoms with Crippen LogP contribution in [-0.2, 0) is 26.5 Å². The molecule has 2 aliphatic rings. The summed E-state index contributed by atoms with van der Waals surface area (Å²) < 4.78 is 13.7. The second-order valence-corrected chi connectivity index (χ2v) is 7.61. The fourth-order valence-electron chi connectivity index (χ4n) is 3.99. The van der Waals surface area contributed by atoms with E-state index in [1.165, 1.54) is 17.2 Å². The van der Waals surface area contributed by atoms with Gasteiger partial charge in [-0.3, -0.25) is 4.39 Å². The molecule has 1 atom stereocenters. The van der Waals surface area contributed by atoms with Gasteiger partial charge in [0.25, 0.3) is 0 Å². The van der Waals surface area contributed by atoms with E-state index in [0.717, 1.165) is 24.1 Å². The molecule has 33 heavy (non-hydrogen) atoms. The maximum absolute atomic E-state index is 13.7. The predicted octanol–water partition coefficient (Wildman–Crippen LogP) is 6.55. The molecular formula is C28H21FIrN3. The van der Waals surface area contributed by atoms with Gasteiger partial charge in [-0.05, 0) is 35.3 Å². The number of hydrogen-bond donors (Lipinski definition) is 0. The molecule has 4 aromatic rings. The molecule has 0 radical (unpaired) electrons. The molecule has 0 spiro atoms. The molecule has 0 bridgehead atoms. The monoisotopic (exact) mass is 611 g/mol. The summed E-state index contributed by atoms with van der Waals surface area (Å²) in [5, 5.41) is 4.41. The largest absolute Gasteiger partial charge is 3.00 e. The Morgan fingerprint density at radius 3 is 2.61 bits per heavy atom. The number of fused-ring (bicyclic) bond motifs is 3. The topological polar surface area (TPSA) is 30.2 Å². The van der Waals surface area contributed by atoms with Gasteiger partial charge in [0.05, 0.1) is 0 Å². The number of nitrogens with zero attached hydrogens (tertiary/aromatic N) is 3. The Bertz CT molecular complexity index is 1240. The van der Waals surface area contributed by atoms with E-state index in [1.54, 1.807) is 18.3 Å². The van der Waals surface area contributed by atoms with Gasteiger partial charge in [-0.15, -0.1) is 24.3 Å². The van der Waals surface area contributed by atoms with Gasteiger partial charge in [-0.2, -0.15) is 41.6 Å². The first-order chi connectivity index (χ1) is 15.8. The van der Waals surface area contributed by atoms with E-state index in [2.05, 4.69) is 45.7 Å². The summed E-state index contributed by atoms with van der Waals surface area (Å²) in [4.78, 5) is 6.49. The number of aromatic nitrogens is 1. The van der Waals surface area contributed by atoms with Crippen LogP contribution in [0.25, 0.3) is 27.7 Å². The molecule has 5 heteroatoms. The predicted molar refractivity (Wildman–Crippen MR) is 125 cm³/mol. The zero-order chi connectivity index (χ0) is 21.8. The minimum Gasteiger partial charge on any atom is -0.668 e. The quantitative estimate of drug-likeness (QED) is 0.241. The molecule has 1 unspecified atom stereocenters. The van der Waals surface area contributed by atoms with Crippen LogP contribution in [0.15, 0.2) is 97.5 Å². The zero-order valence-corrected chi connectivity index (χ0v) is 20.2. The van der Waals surface area contributed by atoms with Crippen LogP contribution in [0.2, 0.25) is 0 Å². The average molecular weight is 611 g/mol. The van der Waals surface area contributed by atoms with E-state index in [0.29, 0.717) is 11.3 Å². The Kier molecular flexibility index (Phi) is 7.33. The van der Waals surface area contributed by atoms with Crippen molar-refractivity contribution < 1.29 is 24.5 Å². The van der Waals surface area contributed by atoms with Crippen molar-refractivity contribution in [1.82, 2.24) is 9.88 Å². The molecule has 0 aliphatic carbocycles. The van der Waals surface area contributed by atoms with E-state index in [4.69, 9.17) is 0 Å². The van der Waals surface area contributed by atoms with Crippen molar-refractivity contribution >= 4 is 0 Å². The third-order valence-electron chi connectivity index (χ3n) is 5.60. The minimum absolute atomic E-state index is 0. The van der Waals surface area contributed by atoms with E-state index < -0.39 is 0 Å². The van der Waals surface area contributed by atoms with Gasteiger partial charge in [-0.1, -0.05) is 48.4 Å². The van der Waals surface area contributed by atoms with Crippen molar-refractivity contribution in [3.63, 3.8) is 0 Å². The van der Waals surface area contributed by atoms with Crippen LogP contribution in [-0.4, -0.2) is 16.4 Å². The van der Waals surface area contributed by atoms with Crippen molar-refractivity contribution in [2.75, 3.05) is 6.54 Å². The maximum Gasteiger partial charge on any atom is 3.00 e. The third-order valence-corrected chi connectivity index (χ3v) is 5.60. The van der Waals surface area contributed by atoms with Crippen LogP contribution >= 0.6 is 0 Å². The normalized spacial score (nSPS) is 15.3. The van der Waals surface area contributed by atoms with Crippen molar-refractivity contribution in [1.29, 1.82) is 0 Å². The number of hydrogen-bond acceptors (Lipinski definition) is 2. The summed E-state index contributed by atoms with van der Waals surface area (Å²) in [6, 6.07) is 30.9. The van der Waals surface area contributed by atoms with Crippen LogP contribution in [0.3, 0.4) is 0 Å². The fraction of sp³-hybridized carbons (Fsp3) is 0.107.